The fourth-order valence-electron chi connectivity index (χ4n) is 3.10. The van der Waals surface area contributed by atoms with Crippen molar-refractivity contribution in [2.24, 2.45) is 10.9 Å². The van der Waals surface area contributed by atoms with Crippen LogP contribution in [0.2, 0.25) is 0 Å². The molecule has 0 radical (unpaired) electrons. The monoisotopic (exact) mass is 396 g/mol. The van der Waals surface area contributed by atoms with Gasteiger partial charge in [0.2, 0.25) is 0 Å². The van der Waals surface area contributed by atoms with Gasteiger partial charge < -0.3 is 15.7 Å². The Balaban J connectivity index is 1.87. The van der Waals surface area contributed by atoms with Gasteiger partial charge in [-0.15, -0.1) is 0 Å². The second kappa shape index (κ2) is 8.45. The summed E-state index contributed by atoms with van der Waals surface area (Å²) in [5.74, 6) is 7.05. The van der Waals surface area contributed by atoms with Gasteiger partial charge in [0.1, 0.15) is 17.2 Å². The van der Waals surface area contributed by atoms with Crippen molar-refractivity contribution in [1.82, 2.24) is 9.97 Å². The van der Waals surface area contributed by atoms with Gasteiger partial charge in [0.05, 0.1) is 18.5 Å². The molecule has 0 aliphatic heterocycles. The van der Waals surface area contributed by atoms with Crippen molar-refractivity contribution >= 4 is 5.71 Å². The molecule has 0 bridgehead atoms. The fourth-order valence-corrected chi connectivity index (χ4v) is 3.10. The second-order valence-corrected chi connectivity index (χ2v) is 6.58. The molecule has 6 nitrogen and oxygen atoms in total. The van der Waals surface area contributed by atoms with E-state index in [0.717, 1.165) is 28.3 Å². The number of rotatable bonds is 5. The van der Waals surface area contributed by atoms with Gasteiger partial charge in [-0.2, -0.15) is 5.10 Å². The highest BCUT2D eigenvalue weighted by Gasteiger charge is 2.15. The lowest BCUT2D eigenvalue weighted by molar-refractivity contribution is 0.415. The zero-order valence-electron chi connectivity index (χ0n) is 16.4. The number of benzene rings is 3. The maximum absolute atomic E-state index is 9.60. The molecule has 0 saturated heterocycles. The first-order valence-electron chi connectivity index (χ1n) is 9.34. The van der Waals surface area contributed by atoms with Crippen molar-refractivity contribution in [2.75, 3.05) is 7.11 Å². The highest BCUT2D eigenvalue weighted by molar-refractivity contribution is 6.10. The van der Waals surface area contributed by atoms with Crippen LogP contribution in [0.15, 0.2) is 90.0 Å². The highest BCUT2D eigenvalue weighted by Crippen LogP contribution is 2.26. The average Bonchev–Trinajstić information content (AvgIpc) is 2.81. The third kappa shape index (κ3) is 3.98. The van der Waals surface area contributed by atoms with Crippen LogP contribution < -0.4 is 10.6 Å². The maximum Gasteiger partial charge on any atom is 0.181 e. The Morgan fingerprint density at radius 1 is 0.833 bits per heavy atom. The minimum Gasteiger partial charge on any atom is -0.508 e. The number of nitrogens with two attached hydrogens (primary N) is 1. The summed E-state index contributed by atoms with van der Waals surface area (Å²) in [4.78, 5) is 9.45. The molecule has 3 aromatic carbocycles. The number of methoxy groups -OCH3 is 1. The highest BCUT2D eigenvalue weighted by atomic mass is 16.5. The third-order valence-electron chi connectivity index (χ3n) is 4.66. The number of phenols is 1. The predicted octanol–water partition coefficient (Wildman–Crippen LogP) is 4.24. The van der Waals surface area contributed by atoms with Crippen molar-refractivity contribution in [1.29, 1.82) is 0 Å². The van der Waals surface area contributed by atoms with E-state index >= 15 is 0 Å². The van der Waals surface area contributed by atoms with Crippen LogP contribution in [0.3, 0.4) is 0 Å². The van der Waals surface area contributed by atoms with E-state index in [0.29, 0.717) is 17.1 Å². The Morgan fingerprint density at radius 3 is 2.00 bits per heavy atom. The normalized spacial score (nSPS) is 11.3. The number of hydrazone groups is 1. The minimum absolute atomic E-state index is 0.160. The van der Waals surface area contributed by atoms with Crippen LogP contribution in [0.5, 0.6) is 11.5 Å². The van der Waals surface area contributed by atoms with E-state index in [1.54, 1.807) is 31.4 Å². The Kier molecular flexibility index (Phi) is 5.39. The molecule has 4 aromatic rings. The lowest BCUT2D eigenvalue weighted by Crippen LogP contribution is -2.12. The molecule has 30 heavy (non-hydrogen) atoms. The number of hydrogen-bond acceptors (Lipinski definition) is 6. The van der Waals surface area contributed by atoms with Crippen LogP contribution in [-0.2, 0) is 0 Å². The van der Waals surface area contributed by atoms with Crippen molar-refractivity contribution in [3.63, 3.8) is 0 Å². The molecule has 0 atom stereocenters. The Bertz CT molecular complexity index is 1170. The number of aromatic hydroxyl groups is 1. The first-order valence-corrected chi connectivity index (χ1v) is 9.34. The van der Waals surface area contributed by atoms with Crippen LogP contribution in [-0.4, -0.2) is 27.9 Å². The molecule has 1 heterocycles. The van der Waals surface area contributed by atoms with E-state index < -0.39 is 0 Å². The SMILES string of the molecule is COc1ccc(-c2cc(-c3ccccc3)nc(C(=NN)c3ccc(O)cc3)n2)cc1. The number of hydrogen-bond donors (Lipinski definition) is 2. The smallest absolute Gasteiger partial charge is 0.181 e. The summed E-state index contributed by atoms with van der Waals surface area (Å²) in [7, 11) is 1.63. The van der Waals surface area contributed by atoms with Gasteiger partial charge in [0.15, 0.2) is 5.82 Å². The van der Waals surface area contributed by atoms with Crippen LogP contribution in [0.25, 0.3) is 22.5 Å². The molecule has 0 aliphatic rings. The lowest BCUT2D eigenvalue weighted by atomic mass is 10.1. The Hall–Kier alpha value is -4.19. The first kappa shape index (κ1) is 19.1. The molecule has 1 aromatic heterocycles. The predicted molar refractivity (Wildman–Crippen MR) is 117 cm³/mol. The van der Waals surface area contributed by atoms with Crippen molar-refractivity contribution in [3.8, 4) is 34.0 Å². The molecule has 3 N–H and O–H groups in total. The molecule has 0 amide bonds. The first-order chi connectivity index (χ1) is 14.7. The number of aromatic nitrogens is 2. The van der Waals surface area contributed by atoms with Crippen molar-refractivity contribution in [3.05, 3.63) is 96.3 Å². The summed E-state index contributed by atoms with van der Waals surface area (Å²) < 4.78 is 5.26. The van der Waals surface area contributed by atoms with Gasteiger partial charge in [0, 0.05) is 16.7 Å². The largest absolute Gasteiger partial charge is 0.508 e. The lowest BCUT2D eigenvalue weighted by Gasteiger charge is -2.11. The summed E-state index contributed by atoms with van der Waals surface area (Å²) >= 11 is 0. The molecular weight excluding hydrogens is 376 g/mol. The summed E-state index contributed by atoms with van der Waals surface area (Å²) in [5, 5.41) is 13.5. The average molecular weight is 396 g/mol. The van der Waals surface area contributed by atoms with Gasteiger partial charge in [-0.05, 0) is 54.6 Å². The van der Waals surface area contributed by atoms with E-state index in [4.69, 9.17) is 20.5 Å². The summed E-state index contributed by atoms with van der Waals surface area (Å²) in [6.07, 6.45) is 0. The zero-order chi connectivity index (χ0) is 20.9. The van der Waals surface area contributed by atoms with E-state index in [9.17, 15) is 5.11 Å². The van der Waals surface area contributed by atoms with E-state index in [1.807, 2.05) is 60.7 Å². The molecule has 4 rings (SSSR count). The van der Waals surface area contributed by atoms with Crippen LogP contribution in [0.4, 0.5) is 0 Å². The van der Waals surface area contributed by atoms with E-state index in [-0.39, 0.29) is 5.75 Å². The van der Waals surface area contributed by atoms with Gasteiger partial charge >= 0.3 is 0 Å². The van der Waals surface area contributed by atoms with Gasteiger partial charge in [-0.3, -0.25) is 0 Å². The zero-order valence-corrected chi connectivity index (χ0v) is 16.4. The van der Waals surface area contributed by atoms with Crippen LogP contribution >= 0.6 is 0 Å². The second-order valence-electron chi connectivity index (χ2n) is 6.58. The van der Waals surface area contributed by atoms with E-state index in [1.165, 1.54) is 0 Å². The van der Waals surface area contributed by atoms with Crippen molar-refractivity contribution < 1.29 is 9.84 Å². The van der Waals surface area contributed by atoms with Gasteiger partial charge in [-0.1, -0.05) is 30.3 Å². The molecular formula is C24H20N4O2. The summed E-state index contributed by atoms with van der Waals surface area (Å²) in [6.45, 7) is 0. The molecule has 0 saturated carbocycles. The van der Waals surface area contributed by atoms with Crippen LogP contribution in [0.1, 0.15) is 11.4 Å². The Morgan fingerprint density at radius 2 is 1.43 bits per heavy atom. The molecule has 6 heteroatoms. The summed E-state index contributed by atoms with van der Waals surface area (Å²) in [5.41, 5.74) is 4.51. The number of nitrogens with zero attached hydrogens (tertiary/aromatic N) is 3. The topological polar surface area (TPSA) is 93.6 Å². The standard InChI is InChI=1S/C24H20N4O2/c1-30-20-13-9-17(10-14-20)22-15-21(16-5-3-2-4-6-16)26-24(27-22)23(28-25)18-7-11-19(29)12-8-18/h2-15,29H,25H2,1H3. The minimum atomic E-state index is 0.160. The van der Waals surface area contributed by atoms with E-state index in [2.05, 4.69) is 5.10 Å². The molecule has 148 valence electrons. The molecule has 0 spiro atoms. The third-order valence-corrected chi connectivity index (χ3v) is 4.66. The number of ether oxygens (including phenoxy) is 1. The van der Waals surface area contributed by atoms with Crippen molar-refractivity contribution in [2.45, 2.75) is 0 Å². The number of phenolic OH excluding ortho intramolecular Hbond substituents is 1. The Labute approximate surface area is 174 Å². The molecule has 0 aliphatic carbocycles. The van der Waals surface area contributed by atoms with Gasteiger partial charge in [0.25, 0.3) is 0 Å². The molecule has 0 unspecified atom stereocenters. The summed E-state index contributed by atoms with van der Waals surface area (Å²) in [6, 6.07) is 26.1. The molecule has 0 fully saturated rings. The fraction of sp³-hybridized carbons (Fsp3) is 0.0417. The van der Waals surface area contributed by atoms with Gasteiger partial charge in [-0.25, -0.2) is 9.97 Å². The maximum atomic E-state index is 9.60. The quantitative estimate of drug-likeness (QED) is 0.299. The van der Waals surface area contributed by atoms with Crippen LogP contribution in [0, 0.1) is 0 Å².